The maximum Gasteiger partial charge on any atom is 0.310 e. The predicted molar refractivity (Wildman–Crippen MR) is 72.7 cm³/mol. The monoisotopic (exact) mass is 295 g/mol. The van der Waals surface area contributed by atoms with E-state index in [4.69, 9.17) is 4.74 Å². The Morgan fingerprint density at radius 2 is 2.33 bits per heavy atom. The zero-order chi connectivity index (χ0) is 15.4. The summed E-state index contributed by atoms with van der Waals surface area (Å²) < 4.78 is 4.98. The standard InChI is InChI=1S/C13H17N3O5/c1-2-21-13(18)9-4-3-5-15(8-9)12(17)11-6-10(7-14-11)16(19)20/h6-7,9,14H,2-5,8H2,1H3. The first-order valence-electron chi connectivity index (χ1n) is 6.81. The van der Waals surface area contributed by atoms with Crippen molar-refractivity contribution in [1.29, 1.82) is 0 Å². The number of amides is 1. The van der Waals surface area contributed by atoms with E-state index in [2.05, 4.69) is 4.98 Å². The maximum absolute atomic E-state index is 12.3. The van der Waals surface area contributed by atoms with E-state index in [0.29, 0.717) is 26.0 Å². The Hall–Kier alpha value is -2.38. The lowest BCUT2D eigenvalue weighted by Crippen LogP contribution is -2.42. The third-order valence-corrected chi connectivity index (χ3v) is 3.44. The SMILES string of the molecule is CCOC(=O)C1CCCN(C(=O)c2cc([N+](=O)[O-])c[nH]2)C1. The lowest BCUT2D eigenvalue weighted by atomic mass is 9.98. The van der Waals surface area contributed by atoms with Crippen LogP contribution in [0.4, 0.5) is 5.69 Å². The van der Waals surface area contributed by atoms with Crippen LogP contribution in [0.25, 0.3) is 0 Å². The lowest BCUT2D eigenvalue weighted by Gasteiger charge is -2.31. The molecule has 8 nitrogen and oxygen atoms in total. The highest BCUT2D eigenvalue weighted by atomic mass is 16.6. The van der Waals surface area contributed by atoms with Crippen LogP contribution >= 0.6 is 0 Å². The molecule has 0 aromatic carbocycles. The van der Waals surface area contributed by atoms with Gasteiger partial charge in [-0.25, -0.2) is 0 Å². The maximum atomic E-state index is 12.3. The fourth-order valence-corrected chi connectivity index (χ4v) is 2.40. The minimum Gasteiger partial charge on any atom is -0.466 e. The van der Waals surface area contributed by atoms with Gasteiger partial charge >= 0.3 is 5.97 Å². The molecule has 8 heteroatoms. The molecule has 0 spiro atoms. The Balaban J connectivity index is 2.04. The summed E-state index contributed by atoms with van der Waals surface area (Å²) in [5.41, 5.74) is 0.00325. The molecule has 0 bridgehead atoms. The van der Waals surface area contributed by atoms with Crippen LogP contribution in [0.2, 0.25) is 0 Å². The largest absolute Gasteiger partial charge is 0.466 e. The number of H-pyrrole nitrogens is 1. The van der Waals surface area contributed by atoms with Crippen molar-refractivity contribution in [3.05, 3.63) is 28.1 Å². The van der Waals surface area contributed by atoms with Crippen LogP contribution in [0.15, 0.2) is 12.3 Å². The first-order valence-corrected chi connectivity index (χ1v) is 6.81. The minimum atomic E-state index is -0.565. The summed E-state index contributed by atoms with van der Waals surface area (Å²) in [5, 5.41) is 10.6. The summed E-state index contributed by atoms with van der Waals surface area (Å²) in [4.78, 5) is 38.2. The third kappa shape index (κ3) is 3.39. The molecule has 0 saturated carbocycles. The minimum absolute atomic E-state index is 0.155. The summed E-state index contributed by atoms with van der Waals surface area (Å²) in [6, 6.07) is 1.20. The first kappa shape index (κ1) is 15.0. The van der Waals surface area contributed by atoms with Crippen molar-refractivity contribution in [2.45, 2.75) is 19.8 Å². The average molecular weight is 295 g/mol. The molecule has 1 amide bonds. The van der Waals surface area contributed by atoms with Gasteiger partial charge in [-0.3, -0.25) is 19.7 Å². The van der Waals surface area contributed by atoms with Gasteiger partial charge in [0, 0.05) is 19.2 Å². The topological polar surface area (TPSA) is 106 Å². The second-order valence-electron chi connectivity index (χ2n) is 4.87. The highest BCUT2D eigenvalue weighted by Gasteiger charge is 2.30. The highest BCUT2D eigenvalue weighted by molar-refractivity contribution is 5.93. The number of likely N-dealkylation sites (tertiary alicyclic amines) is 1. The van der Waals surface area contributed by atoms with Gasteiger partial charge in [0.05, 0.1) is 23.6 Å². The van der Waals surface area contributed by atoms with E-state index >= 15 is 0 Å². The van der Waals surface area contributed by atoms with E-state index in [0.717, 1.165) is 0 Å². The van der Waals surface area contributed by atoms with Gasteiger partial charge in [0.15, 0.2) is 0 Å². The van der Waals surface area contributed by atoms with E-state index < -0.39 is 4.92 Å². The Morgan fingerprint density at radius 1 is 1.57 bits per heavy atom. The number of carbonyl (C=O) groups is 2. The molecule has 2 heterocycles. The number of rotatable bonds is 4. The van der Waals surface area contributed by atoms with E-state index in [1.165, 1.54) is 17.2 Å². The molecule has 1 N–H and O–H groups in total. The Morgan fingerprint density at radius 3 is 2.95 bits per heavy atom. The van der Waals surface area contributed by atoms with Crippen molar-refractivity contribution < 1.29 is 19.2 Å². The zero-order valence-corrected chi connectivity index (χ0v) is 11.7. The van der Waals surface area contributed by atoms with Crippen molar-refractivity contribution in [2.24, 2.45) is 5.92 Å². The quantitative estimate of drug-likeness (QED) is 0.512. The number of aromatic amines is 1. The first-order chi connectivity index (χ1) is 10.0. The summed E-state index contributed by atoms with van der Waals surface area (Å²) in [7, 11) is 0. The second kappa shape index (κ2) is 6.38. The molecule has 21 heavy (non-hydrogen) atoms. The summed E-state index contributed by atoms with van der Waals surface area (Å²) in [6.45, 7) is 2.86. The summed E-state index contributed by atoms with van der Waals surface area (Å²) in [5.74, 6) is -0.961. The molecule has 1 aliphatic rings. The number of hydrogen-bond acceptors (Lipinski definition) is 5. The molecule has 0 aliphatic carbocycles. The van der Waals surface area contributed by atoms with Gasteiger partial charge in [-0.2, -0.15) is 0 Å². The molecule has 1 aliphatic heterocycles. The number of hydrogen-bond donors (Lipinski definition) is 1. The van der Waals surface area contributed by atoms with E-state index in [1.54, 1.807) is 6.92 Å². The number of ether oxygens (including phenoxy) is 1. The van der Waals surface area contributed by atoms with Crippen LogP contribution in [0.1, 0.15) is 30.3 Å². The molecular formula is C13H17N3O5. The normalized spacial score (nSPS) is 18.3. The van der Waals surface area contributed by atoms with Crippen molar-refractivity contribution >= 4 is 17.6 Å². The fraction of sp³-hybridized carbons (Fsp3) is 0.538. The number of nitrogens with zero attached hydrogens (tertiary/aromatic N) is 2. The molecule has 114 valence electrons. The molecule has 1 aromatic heterocycles. The number of aromatic nitrogens is 1. The molecule has 1 aromatic rings. The second-order valence-corrected chi connectivity index (χ2v) is 4.87. The highest BCUT2D eigenvalue weighted by Crippen LogP contribution is 2.21. The zero-order valence-electron chi connectivity index (χ0n) is 11.7. The van der Waals surface area contributed by atoms with E-state index in [-0.39, 0.29) is 35.7 Å². The number of nitro groups is 1. The van der Waals surface area contributed by atoms with Gasteiger partial charge in [0.2, 0.25) is 0 Å². The van der Waals surface area contributed by atoms with Gasteiger partial charge in [0.25, 0.3) is 11.6 Å². The van der Waals surface area contributed by atoms with Gasteiger partial charge in [-0.1, -0.05) is 0 Å². The molecule has 1 saturated heterocycles. The van der Waals surface area contributed by atoms with E-state index in [9.17, 15) is 19.7 Å². The van der Waals surface area contributed by atoms with Gasteiger partial charge in [-0.05, 0) is 19.8 Å². The Kier molecular flexibility index (Phi) is 4.56. The molecule has 0 radical (unpaired) electrons. The van der Waals surface area contributed by atoms with Gasteiger partial charge in [-0.15, -0.1) is 0 Å². The van der Waals surface area contributed by atoms with E-state index in [1.807, 2.05) is 0 Å². The molecule has 1 atom stereocenters. The Bertz CT molecular complexity index is 554. The molecular weight excluding hydrogens is 278 g/mol. The van der Waals surface area contributed by atoms with Crippen LogP contribution in [-0.2, 0) is 9.53 Å². The smallest absolute Gasteiger partial charge is 0.310 e. The van der Waals surface area contributed by atoms with Crippen molar-refractivity contribution in [1.82, 2.24) is 9.88 Å². The summed E-state index contributed by atoms with van der Waals surface area (Å²) in [6.07, 6.45) is 2.57. The number of carbonyl (C=O) groups excluding carboxylic acids is 2. The van der Waals surface area contributed by atoms with Gasteiger partial charge in [0.1, 0.15) is 5.69 Å². The van der Waals surface area contributed by atoms with Crippen LogP contribution in [0, 0.1) is 16.0 Å². The van der Waals surface area contributed by atoms with Crippen molar-refractivity contribution in [3.8, 4) is 0 Å². The molecule has 2 rings (SSSR count). The lowest BCUT2D eigenvalue weighted by molar-refractivity contribution is -0.384. The summed E-state index contributed by atoms with van der Waals surface area (Å²) >= 11 is 0. The van der Waals surface area contributed by atoms with Crippen LogP contribution in [-0.4, -0.2) is 46.4 Å². The molecule has 1 fully saturated rings. The average Bonchev–Trinajstić information content (AvgIpc) is 2.97. The Labute approximate surface area is 121 Å². The number of piperidine rings is 1. The van der Waals surface area contributed by atoms with Crippen LogP contribution < -0.4 is 0 Å². The predicted octanol–water partition coefficient (Wildman–Crippen LogP) is 1.34. The van der Waals surface area contributed by atoms with Crippen LogP contribution in [0.3, 0.4) is 0 Å². The third-order valence-electron chi connectivity index (χ3n) is 3.44. The van der Waals surface area contributed by atoms with Gasteiger partial charge < -0.3 is 14.6 Å². The number of nitrogens with one attached hydrogen (secondary N) is 1. The fourth-order valence-electron chi connectivity index (χ4n) is 2.40. The van der Waals surface area contributed by atoms with Crippen molar-refractivity contribution in [3.63, 3.8) is 0 Å². The number of esters is 1. The molecule has 1 unspecified atom stereocenters. The van der Waals surface area contributed by atoms with Crippen LogP contribution in [0.5, 0.6) is 0 Å². The van der Waals surface area contributed by atoms with Crippen molar-refractivity contribution in [2.75, 3.05) is 19.7 Å².